The number of alkyl halides is 4. The molecule has 1 amide bonds. The van der Waals surface area contributed by atoms with Crippen LogP contribution in [0.25, 0.3) is 0 Å². The number of aliphatic hydroxyl groups is 1. The molecule has 0 aliphatic heterocycles. The van der Waals surface area contributed by atoms with Crippen molar-refractivity contribution < 1.29 is 27.5 Å². The van der Waals surface area contributed by atoms with Crippen molar-refractivity contribution in [2.75, 3.05) is 6.61 Å². The van der Waals surface area contributed by atoms with Gasteiger partial charge < -0.3 is 10.4 Å². The Kier molecular flexibility index (Phi) is 4.99. The Labute approximate surface area is 84.5 Å². The minimum Gasteiger partial charge on any atom is -0.394 e. The Morgan fingerprint density at radius 3 is 2.13 bits per heavy atom. The van der Waals surface area contributed by atoms with E-state index in [0.29, 0.717) is 0 Å². The molecule has 0 heterocycles. The molecule has 90 valence electrons. The maximum Gasteiger partial charge on any atom is 0.383 e. The van der Waals surface area contributed by atoms with Gasteiger partial charge in [0.2, 0.25) is 0 Å². The average Bonchev–Trinajstić information content (AvgIpc) is 2.12. The summed E-state index contributed by atoms with van der Waals surface area (Å²) in [4.78, 5) is 10.7. The SMILES string of the molecule is CC(C)[C@@H](CO)NC(=O)C(F)(F)C(F)F. The van der Waals surface area contributed by atoms with Crippen LogP contribution < -0.4 is 5.32 Å². The van der Waals surface area contributed by atoms with Crippen LogP contribution in [0.15, 0.2) is 0 Å². The molecule has 0 aromatic rings. The second-order valence-electron chi connectivity index (χ2n) is 3.43. The Bertz CT molecular complexity index is 221. The Balaban J connectivity index is 4.47. The molecule has 0 bridgehead atoms. The summed E-state index contributed by atoms with van der Waals surface area (Å²) in [5, 5.41) is 10.4. The van der Waals surface area contributed by atoms with E-state index >= 15 is 0 Å². The van der Waals surface area contributed by atoms with Crippen molar-refractivity contribution in [1.29, 1.82) is 0 Å². The summed E-state index contributed by atoms with van der Waals surface area (Å²) in [6, 6.07) is -0.956. The molecule has 0 unspecified atom stereocenters. The minimum atomic E-state index is -4.72. The highest BCUT2D eigenvalue weighted by Crippen LogP contribution is 2.23. The van der Waals surface area contributed by atoms with Crippen LogP contribution in [0, 0.1) is 5.92 Å². The summed E-state index contributed by atoms with van der Waals surface area (Å²) in [6.07, 6.45) is -4.05. The molecule has 2 N–H and O–H groups in total. The number of hydrogen-bond donors (Lipinski definition) is 2. The molecule has 0 rings (SSSR count). The lowest BCUT2D eigenvalue weighted by atomic mass is 10.1. The third kappa shape index (κ3) is 3.65. The summed E-state index contributed by atoms with van der Waals surface area (Å²) >= 11 is 0. The fourth-order valence-corrected chi connectivity index (χ4v) is 0.787. The number of aliphatic hydroxyl groups excluding tert-OH is 1. The summed E-state index contributed by atoms with van der Waals surface area (Å²) in [6.45, 7) is 2.53. The van der Waals surface area contributed by atoms with Crippen LogP contribution in [0.5, 0.6) is 0 Å². The Morgan fingerprint density at radius 1 is 1.40 bits per heavy atom. The highest BCUT2D eigenvalue weighted by atomic mass is 19.3. The molecule has 1 atom stereocenters. The van der Waals surface area contributed by atoms with E-state index in [1.165, 1.54) is 0 Å². The fourth-order valence-electron chi connectivity index (χ4n) is 0.787. The van der Waals surface area contributed by atoms with Crippen LogP contribution in [0.3, 0.4) is 0 Å². The molecule has 15 heavy (non-hydrogen) atoms. The lowest BCUT2D eigenvalue weighted by Crippen LogP contribution is -2.51. The third-order valence-electron chi connectivity index (χ3n) is 1.89. The van der Waals surface area contributed by atoms with Gasteiger partial charge in [-0.25, -0.2) is 8.78 Å². The van der Waals surface area contributed by atoms with Crippen molar-refractivity contribution in [1.82, 2.24) is 5.32 Å². The van der Waals surface area contributed by atoms with Crippen molar-refractivity contribution >= 4 is 5.91 Å². The first-order valence-electron chi connectivity index (χ1n) is 4.31. The van der Waals surface area contributed by atoms with Crippen LogP contribution >= 0.6 is 0 Å². The molecule has 0 radical (unpaired) electrons. The van der Waals surface area contributed by atoms with Gasteiger partial charge in [0.1, 0.15) is 0 Å². The molecular formula is C8H13F4NO2. The Morgan fingerprint density at radius 2 is 1.87 bits per heavy atom. The zero-order valence-corrected chi connectivity index (χ0v) is 8.31. The van der Waals surface area contributed by atoms with E-state index in [1.807, 2.05) is 0 Å². The van der Waals surface area contributed by atoms with E-state index in [2.05, 4.69) is 0 Å². The van der Waals surface area contributed by atoms with Gasteiger partial charge in [0.05, 0.1) is 12.6 Å². The quantitative estimate of drug-likeness (QED) is 0.694. The highest BCUT2D eigenvalue weighted by Gasteiger charge is 2.49. The molecule has 0 aromatic carbocycles. The summed E-state index contributed by atoms with van der Waals surface area (Å²) in [7, 11) is 0. The number of carbonyl (C=O) groups is 1. The summed E-state index contributed by atoms with van der Waals surface area (Å²) in [5.41, 5.74) is 0. The molecule has 0 aliphatic carbocycles. The van der Waals surface area contributed by atoms with Gasteiger partial charge in [-0.15, -0.1) is 0 Å². The van der Waals surface area contributed by atoms with E-state index in [9.17, 15) is 22.4 Å². The predicted molar refractivity (Wildman–Crippen MR) is 44.8 cm³/mol. The largest absolute Gasteiger partial charge is 0.394 e. The van der Waals surface area contributed by atoms with Gasteiger partial charge in [0.25, 0.3) is 5.91 Å². The Hall–Kier alpha value is -0.850. The predicted octanol–water partition coefficient (Wildman–Crippen LogP) is 1.02. The van der Waals surface area contributed by atoms with Crippen molar-refractivity contribution in [3.05, 3.63) is 0 Å². The van der Waals surface area contributed by atoms with Gasteiger partial charge in [0, 0.05) is 0 Å². The number of amides is 1. The van der Waals surface area contributed by atoms with Crippen molar-refractivity contribution in [3.63, 3.8) is 0 Å². The lowest BCUT2D eigenvalue weighted by Gasteiger charge is -2.23. The summed E-state index contributed by atoms with van der Waals surface area (Å²) in [5.74, 6) is -7.11. The van der Waals surface area contributed by atoms with E-state index in [4.69, 9.17) is 5.11 Å². The van der Waals surface area contributed by atoms with Gasteiger partial charge in [-0.3, -0.25) is 4.79 Å². The van der Waals surface area contributed by atoms with Crippen LogP contribution in [0.2, 0.25) is 0 Å². The lowest BCUT2D eigenvalue weighted by molar-refractivity contribution is -0.170. The zero-order chi connectivity index (χ0) is 12.2. The van der Waals surface area contributed by atoms with Crippen molar-refractivity contribution in [2.45, 2.75) is 32.2 Å². The number of carbonyl (C=O) groups excluding carboxylic acids is 1. The normalized spacial score (nSPS) is 14.5. The third-order valence-corrected chi connectivity index (χ3v) is 1.89. The van der Waals surface area contributed by atoms with Crippen LogP contribution in [0.1, 0.15) is 13.8 Å². The van der Waals surface area contributed by atoms with E-state index in [1.54, 1.807) is 19.2 Å². The zero-order valence-electron chi connectivity index (χ0n) is 8.31. The van der Waals surface area contributed by atoms with Crippen LogP contribution in [-0.4, -0.2) is 36.0 Å². The summed E-state index contributed by atoms with van der Waals surface area (Å²) < 4.78 is 48.4. The first-order valence-corrected chi connectivity index (χ1v) is 4.31. The number of halogens is 4. The highest BCUT2D eigenvalue weighted by molar-refractivity contribution is 5.84. The fraction of sp³-hybridized carbons (Fsp3) is 0.875. The minimum absolute atomic E-state index is 0.326. The second-order valence-corrected chi connectivity index (χ2v) is 3.43. The van der Waals surface area contributed by atoms with Gasteiger partial charge in [-0.05, 0) is 5.92 Å². The monoisotopic (exact) mass is 231 g/mol. The van der Waals surface area contributed by atoms with Crippen LogP contribution in [0.4, 0.5) is 17.6 Å². The molecule has 0 aliphatic rings. The maximum atomic E-state index is 12.5. The van der Waals surface area contributed by atoms with E-state index in [-0.39, 0.29) is 5.92 Å². The second kappa shape index (κ2) is 5.29. The molecule has 0 aromatic heterocycles. The molecule has 0 spiro atoms. The number of hydrogen-bond acceptors (Lipinski definition) is 2. The first-order chi connectivity index (χ1) is 6.73. The van der Waals surface area contributed by atoms with Crippen molar-refractivity contribution in [2.24, 2.45) is 5.92 Å². The van der Waals surface area contributed by atoms with E-state index in [0.717, 1.165) is 0 Å². The van der Waals surface area contributed by atoms with Gasteiger partial charge in [-0.1, -0.05) is 13.8 Å². The maximum absolute atomic E-state index is 12.5. The smallest absolute Gasteiger partial charge is 0.383 e. The molecule has 0 saturated carbocycles. The van der Waals surface area contributed by atoms with Crippen LogP contribution in [-0.2, 0) is 4.79 Å². The number of nitrogens with one attached hydrogen (secondary N) is 1. The topological polar surface area (TPSA) is 49.3 Å². The van der Waals surface area contributed by atoms with Gasteiger partial charge >= 0.3 is 12.3 Å². The molecular weight excluding hydrogens is 218 g/mol. The average molecular weight is 231 g/mol. The molecule has 7 heteroatoms. The first kappa shape index (κ1) is 14.2. The van der Waals surface area contributed by atoms with Crippen molar-refractivity contribution in [3.8, 4) is 0 Å². The number of rotatable bonds is 5. The van der Waals surface area contributed by atoms with Gasteiger partial charge in [-0.2, -0.15) is 8.78 Å². The molecule has 0 saturated heterocycles. The van der Waals surface area contributed by atoms with Gasteiger partial charge in [0.15, 0.2) is 0 Å². The standard InChI is InChI=1S/C8H13F4NO2/c1-4(2)5(3-14)13-7(15)8(11,12)6(9)10/h4-6,14H,3H2,1-2H3,(H,13,15)/t5-/m1/s1. The molecule has 3 nitrogen and oxygen atoms in total. The molecule has 0 fully saturated rings. The van der Waals surface area contributed by atoms with E-state index < -0.39 is 30.9 Å².